The van der Waals surface area contributed by atoms with Crippen LogP contribution in [0.25, 0.3) is 4.95 Å². The molecule has 0 saturated heterocycles. The minimum atomic E-state index is 0.234. The van der Waals surface area contributed by atoms with Crippen molar-refractivity contribution in [1.29, 1.82) is 0 Å². The highest BCUT2D eigenvalue weighted by Gasteiger charge is 2.09. The number of ether oxygens (including phenoxy) is 1. The van der Waals surface area contributed by atoms with E-state index in [4.69, 9.17) is 15.7 Å². The normalized spacial score (nSPS) is 10.8. The molecule has 4 nitrogen and oxygen atoms in total. The SMILES string of the molecule is [C-]#[N+]N=C(OCC)c1ccco1. The van der Waals surface area contributed by atoms with Crippen molar-refractivity contribution < 1.29 is 9.15 Å². The molecule has 0 aromatic carbocycles. The van der Waals surface area contributed by atoms with Crippen LogP contribution in [0.15, 0.2) is 27.9 Å². The van der Waals surface area contributed by atoms with Gasteiger partial charge >= 0.3 is 5.90 Å². The molecule has 0 atom stereocenters. The van der Waals surface area contributed by atoms with E-state index in [2.05, 4.69) is 10.1 Å². The topological polar surface area (TPSA) is 39.1 Å². The summed E-state index contributed by atoms with van der Waals surface area (Å²) in [5.41, 5.74) is 0. The molecule has 0 aliphatic rings. The molecule has 0 spiro atoms. The molecule has 62 valence electrons. The Morgan fingerprint density at radius 1 is 1.83 bits per heavy atom. The van der Waals surface area contributed by atoms with E-state index in [-0.39, 0.29) is 5.90 Å². The Morgan fingerprint density at radius 3 is 3.17 bits per heavy atom. The lowest BCUT2D eigenvalue weighted by Gasteiger charge is -1.97. The molecule has 0 N–H and O–H groups in total. The third kappa shape index (κ3) is 1.86. The maximum atomic E-state index is 6.53. The van der Waals surface area contributed by atoms with Gasteiger partial charge in [-0.25, -0.2) is 0 Å². The summed E-state index contributed by atoms with van der Waals surface area (Å²) in [5, 5.41) is 3.45. The summed E-state index contributed by atoms with van der Waals surface area (Å²) < 4.78 is 10.1. The predicted octanol–water partition coefficient (Wildman–Crippen LogP) is 1.90. The van der Waals surface area contributed by atoms with Crippen LogP contribution in [0.2, 0.25) is 0 Å². The molecule has 0 saturated carbocycles. The molecule has 0 bridgehead atoms. The van der Waals surface area contributed by atoms with Crippen LogP contribution >= 0.6 is 0 Å². The zero-order chi connectivity index (χ0) is 8.81. The average molecular weight is 164 g/mol. The second-order valence-corrected chi connectivity index (χ2v) is 1.92. The quantitative estimate of drug-likeness (QED) is 0.290. The van der Waals surface area contributed by atoms with E-state index in [0.29, 0.717) is 12.4 Å². The fourth-order valence-electron chi connectivity index (χ4n) is 0.732. The van der Waals surface area contributed by atoms with Crippen LogP contribution in [0.4, 0.5) is 0 Å². The first-order chi connectivity index (χ1) is 5.88. The molecule has 1 aromatic rings. The van der Waals surface area contributed by atoms with E-state index in [0.717, 1.165) is 0 Å². The number of nitrogens with zero attached hydrogens (tertiary/aromatic N) is 2. The molecule has 0 fully saturated rings. The van der Waals surface area contributed by atoms with Gasteiger partial charge in [0, 0.05) is 0 Å². The molecule has 0 aliphatic carbocycles. The molecule has 0 unspecified atom stereocenters. The highest BCUT2D eigenvalue weighted by atomic mass is 16.5. The van der Waals surface area contributed by atoms with Crippen LogP contribution in [0, 0.1) is 6.57 Å². The van der Waals surface area contributed by atoms with Gasteiger partial charge in [0.2, 0.25) is 0 Å². The molecule has 1 aromatic heterocycles. The molecular formula is C8H8N2O2. The number of furan rings is 1. The molecule has 0 aliphatic heterocycles. The molecular weight excluding hydrogens is 156 g/mol. The van der Waals surface area contributed by atoms with Crippen LogP contribution in [0.1, 0.15) is 12.7 Å². The van der Waals surface area contributed by atoms with Crippen LogP contribution < -0.4 is 0 Å². The lowest BCUT2D eigenvalue weighted by molar-refractivity contribution is 0.319. The first kappa shape index (κ1) is 8.34. The van der Waals surface area contributed by atoms with Gasteiger partial charge in [-0.15, -0.1) is 4.95 Å². The second-order valence-electron chi connectivity index (χ2n) is 1.92. The Balaban J connectivity index is 2.82. The van der Waals surface area contributed by atoms with Crippen molar-refractivity contribution in [3.8, 4) is 0 Å². The Labute approximate surface area is 70.3 Å². The van der Waals surface area contributed by atoms with Gasteiger partial charge in [0.05, 0.1) is 12.9 Å². The van der Waals surface area contributed by atoms with E-state index in [1.807, 2.05) is 6.92 Å². The van der Waals surface area contributed by atoms with Crippen LogP contribution in [-0.2, 0) is 4.74 Å². The Hall–Kier alpha value is -1.76. The minimum Gasteiger partial charge on any atom is -0.471 e. The van der Waals surface area contributed by atoms with Gasteiger partial charge in [-0.2, -0.15) is 6.57 Å². The van der Waals surface area contributed by atoms with Crippen LogP contribution in [-0.4, -0.2) is 12.5 Å². The summed E-state index contributed by atoms with van der Waals surface area (Å²) in [6.45, 7) is 8.82. The van der Waals surface area contributed by atoms with Crippen LogP contribution in [0.3, 0.4) is 0 Å². The predicted molar refractivity (Wildman–Crippen MR) is 43.5 cm³/mol. The standard InChI is InChI=1S/C8H8N2O2/c1-3-11-8(10-9-2)7-5-4-6-12-7/h4-6H,3H2,1H3. The summed E-state index contributed by atoms with van der Waals surface area (Å²) in [5.74, 6) is 0.713. The van der Waals surface area contributed by atoms with Gasteiger partial charge in [-0.1, -0.05) is 0 Å². The average Bonchev–Trinajstić information content (AvgIpc) is 2.56. The molecule has 0 amide bonds. The van der Waals surface area contributed by atoms with Crippen molar-refractivity contribution in [2.45, 2.75) is 6.92 Å². The van der Waals surface area contributed by atoms with Gasteiger partial charge in [-0.05, 0) is 19.1 Å². The fourth-order valence-corrected chi connectivity index (χ4v) is 0.732. The maximum Gasteiger partial charge on any atom is 0.337 e. The van der Waals surface area contributed by atoms with Gasteiger partial charge in [0.25, 0.3) is 0 Å². The van der Waals surface area contributed by atoms with Gasteiger partial charge in [0.15, 0.2) is 5.76 Å². The van der Waals surface area contributed by atoms with E-state index < -0.39 is 0 Å². The first-order valence-corrected chi connectivity index (χ1v) is 3.49. The Bertz CT molecular complexity index is 295. The molecule has 1 heterocycles. The second kappa shape index (κ2) is 4.19. The highest BCUT2D eigenvalue weighted by molar-refractivity contribution is 5.91. The summed E-state index contributed by atoms with van der Waals surface area (Å²) in [6.07, 6.45) is 1.51. The maximum absolute atomic E-state index is 6.53. The number of hydrogen-bond donors (Lipinski definition) is 0. The fraction of sp³-hybridized carbons (Fsp3) is 0.250. The van der Waals surface area contributed by atoms with Gasteiger partial charge in [-0.3, -0.25) is 0 Å². The number of hydrogen-bond acceptors (Lipinski definition) is 3. The lowest BCUT2D eigenvalue weighted by Crippen LogP contribution is -2.04. The van der Waals surface area contributed by atoms with Gasteiger partial charge in [0.1, 0.15) is 5.10 Å². The third-order valence-corrected chi connectivity index (χ3v) is 1.15. The zero-order valence-electron chi connectivity index (χ0n) is 6.65. The van der Waals surface area contributed by atoms with E-state index >= 15 is 0 Å². The summed E-state index contributed by atoms with van der Waals surface area (Å²) in [6, 6.07) is 3.41. The Kier molecular flexibility index (Phi) is 2.91. The summed E-state index contributed by atoms with van der Waals surface area (Å²) in [4.78, 5) is 2.86. The van der Waals surface area contributed by atoms with E-state index in [9.17, 15) is 0 Å². The smallest absolute Gasteiger partial charge is 0.337 e. The summed E-state index contributed by atoms with van der Waals surface area (Å²) in [7, 11) is 0. The molecule has 1 rings (SSSR count). The molecule has 4 heteroatoms. The largest absolute Gasteiger partial charge is 0.471 e. The minimum absolute atomic E-state index is 0.234. The van der Waals surface area contributed by atoms with E-state index in [1.165, 1.54) is 6.26 Å². The van der Waals surface area contributed by atoms with Crippen molar-refractivity contribution in [1.82, 2.24) is 0 Å². The number of rotatable bonds is 2. The third-order valence-electron chi connectivity index (χ3n) is 1.15. The van der Waals surface area contributed by atoms with Crippen molar-refractivity contribution in [2.75, 3.05) is 6.61 Å². The lowest BCUT2D eigenvalue weighted by atomic mass is 10.4. The van der Waals surface area contributed by atoms with Crippen LogP contribution in [0.5, 0.6) is 0 Å². The first-order valence-electron chi connectivity index (χ1n) is 3.49. The highest BCUT2D eigenvalue weighted by Crippen LogP contribution is 2.03. The van der Waals surface area contributed by atoms with E-state index in [1.54, 1.807) is 12.1 Å². The van der Waals surface area contributed by atoms with Crippen molar-refractivity contribution in [2.24, 2.45) is 5.10 Å². The molecule has 0 radical (unpaired) electrons. The summed E-state index contributed by atoms with van der Waals surface area (Å²) >= 11 is 0. The zero-order valence-corrected chi connectivity index (χ0v) is 6.65. The Morgan fingerprint density at radius 2 is 2.67 bits per heavy atom. The van der Waals surface area contributed by atoms with Crippen molar-refractivity contribution in [3.63, 3.8) is 0 Å². The monoisotopic (exact) mass is 164 g/mol. The van der Waals surface area contributed by atoms with Crippen molar-refractivity contribution >= 4 is 5.90 Å². The van der Waals surface area contributed by atoms with Crippen molar-refractivity contribution in [3.05, 3.63) is 35.7 Å². The molecule has 12 heavy (non-hydrogen) atoms. The van der Waals surface area contributed by atoms with Gasteiger partial charge < -0.3 is 9.15 Å².